The highest BCUT2D eigenvalue weighted by atomic mass is 35.5. The summed E-state index contributed by atoms with van der Waals surface area (Å²) in [6.07, 6.45) is -0.538. The number of halogens is 2. The molecule has 3 N–H and O–H groups in total. The summed E-state index contributed by atoms with van der Waals surface area (Å²) >= 11 is 5.74. The van der Waals surface area contributed by atoms with Crippen LogP contribution in [0.3, 0.4) is 0 Å². The SMILES string of the molecule is CC(O)CNC(=O)CCNC(=O)c1ccc(F)cc1Cl. The molecule has 1 rings (SSSR count). The van der Waals surface area contributed by atoms with Crippen LogP contribution in [0.1, 0.15) is 23.7 Å². The van der Waals surface area contributed by atoms with E-state index in [-0.39, 0.29) is 36.0 Å². The Kier molecular flexibility index (Phi) is 6.41. The molecule has 110 valence electrons. The minimum absolute atomic E-state index is 0.0149. The molecule has 20 heavy (non-hydrogen) atoms. The summed E-state index contributed by atoms with van der Waals surface area (Å²) in [4.78, 5) is 23.1. The maximum atomic E-state index is 12.8. The van der Waals surface area contributed by atoms with Crippen molar-refractivity contribution in [1.82, 2.24) is 10.6 Å². The maximum Gasteiger partial charge on any atom is 0.252 e. The summed E-state index contributed by atoms with van der Waals surface area (Å²) in [6, 6.07) is 3.46. The first kappa shape index (κ1) is 16.4. The van der Waals surface area contributed by atoms with E-state index in [1.807, 2.05) is 0 Å². The third-order valence-electron chi connectivity index (χ3n) is 2.41. The average Bonchev–Trinajstić information content (AvgIpc) is 2.36. The van der Waals surface area contributed by atoms with Gasteiger partial charge in [-0.25, -0.2) is 4.39 Å². The number of hydrogen-bond acceptors (Lipinski definition) is 3. The Labute approximate surface area is 121 Å². The van der Waals surface area contributed by atoms with E-state index in [0.717, 1.165) is 12.1 Å². The Morgan fingerprint density at radius 2 is 2.10 bits per heavy atom. The fraction of sp³-hybridized carbons (Fsp3) is 0.385. The molecule has 1 atom stereocenters. The number of aliphatic hydroxyl groups is 1. The summed E-state index contributed by atoms with van der Waals surface area (Å²) in [5.41, 5.74) is 0.150. The lowest BCUT2D eigenvalue weighted by Gasteiger charge is -2.08. The molecule has 0 aliphatic heterocycles. The fourth-order valence-electron chi connectivity index (χ4n) is 1.41. The first-order valence-electron chi connectivity index (χ1n) is 6.08. The standard InChI is InChI=1S/C13H16ClFN2O3/c1-8(18)7-17-12(19)4-5-16-13(20)10-3-2-9(15)6-11(10)14/h2-3,6,8,18H,4-5,7H2,1H3,(H,16,20)(H,17,19). The monoisotopic (exact) mass is 302 g/mol. The molecule has 1 aromatic rings. The van der Waals surface area contributed by atoms with E-state index < -0.39 is 17.8 Å². The molecule has 0 saturated carbocycles. The van der Waals surface area contributed by atoms with Crippen LogP contribution in [-0.4, -0.2) is 36.1 Å². The molecule has 0 spiro atoms. The second kappa shape index (κ2) is 7.81. The molecular weight excluding hydrogens is 287 g/mol. The molecule has 0 heterocycles. The van der Waals surface area contributed by atoms with Crippen molar-refractivity contribution in [2.75, 3.05) is 13.1 Å². The van der Waals surface area contributed by atoms with Gasteiger partial charge in [0.25, 0.3) is 5.91 Å². The van der Waals surface area contributed by atoms with Crippen LogP contribution in [0.5, 0.6) is 0 Å². The number of nitrogens with one attached hydrogen (secondary N) is 2. The van der Waals surface area contributed by atoms with Crippen LogP contribution < -0.4 is 10.6 Å². The summed E-state index contributed by atoms with van der Waals surface area (Å²) in [5.74, 6) is -1.28. The Hall–Kier alpha value is -1.66. The van der Waals surface area contributed by atoms with E-state index in [1.54, 1.807) is 6.92 Å². The van der Waals surface area contributed by atoms with E-state index >= 15 is 0 Å². The van der Waals surface area contributed by atoms with Gasteiger partial charge in [-0.05, 0) is 25.1 Å². The van der Waals surface area contributed by atoms with E-state index in [1.165, 1.54) is 6.07 Å². The van der Waals surface area contributed by atoms with Gasteiger partial charge in [-0.1, -0.05) is 11.6 Å². The van der Waals surface area contributed by atoms with Crippen LogP contribution in [0.25, 0.3) is 0 Å². The number of benzene rings is 1. The lowest BCUT2D eigenvalue weighted by atomic mass is 10.2. The minimum Gasteiger partial charge on any atom is -0.392 e. The van der Waals surface area contributed by atoms with Crippen LogP contribution in [0.15, 0.2) is 18.2 Å². The smallest absolute Gasteiger partial charge is 0.252 e. The topological polar surface area (TPSA) is 78.4 Å². The molecule has 0 aromatic heterocycles. The van der Waals surface area contributed by atoms with Crippen LogP contribution in [0, 0.1) is 5.82 Å². The van der Waals surface area contributed by atoms with Crippen molar-refractivity contribution in [2.24, 2.45) is 0 Å². The predicted molar refractivity (Wildman–Crippen MR) is 73.1 cm³/mol. The highest BCUT2D eigenvalue weighted by molar-refractivity contribution is 6.33. The zero-order valence-corrected chi connectivity index (χ0v) is 11.7. The highest BCUT2D eigenvalue weighted by Gasteiger charge is 2.11. The molecular formula is C13H16ClFN2O3. The Morgan fingerprint density at radius 1 is 1.40 bits per heavy atom. The molecule has 1 aromatic carbocycles. The first-order chi connectivity index (χ1) is 9.40. The molecule has 0 aliphatic rings. The van der Waals surface area contributed by atoms with Gasteiger partial charge in [-0.2, -0.15) is 0 Å². The van der Waals surface area contributed by atoms with E-state index in [9.17, 15) is 14.0 Å². The average molecular weight is 303 g/mol. The molecule has 0 radical (unpaired) electrons. The third-order valence-corrected chi connectivity index (χ3v) is 2.72. The van der Waals surface area contributed by atoms with Gasteiger partial charge in [0.05, 0.1) is 16.7 Å². The van der Waals surface area contributed by atoms with Gasteiger partial charge in [0.1, 0.15) is 5.82 Å². The van der Waals surface area contributed by atoms with Gasteiger partial charge in [0.15, 0.2) is 0 Å². The molecule has 0 aliphatic carbocycles. The van der Waals surface area contributed by atoms with Gasteiger partial charge in [-0.15, -0.1) is 0 Å². The minimum atomic E-state index is -0.619. The summed E-state index contributed by atoms with van der Waals surface area (Å²) in [6.45, 7) is 1.84. The number of amides is 2. The van der Waals surface area contributed by atoms with E-state index in [2.05, 4.69) is 10.6 Å². The Bertz CT molecular complexity index is 495. The lowest BCUT2D eigenvalue weighted by Crippen LogP contribution is -2.34. The Balaban J connectivity index is 2.38. The van der Waals surface area contributed by atoms with Crippen molar-refractivity contribution < 1.29 is 19.1 Å². The zero-order valence-electron chi connectivity index (χ0n) is 11.0. The number of carbonyl (C=O) groups excluding carboxylic acids is 2. The molecule has 5 nitrogen and oxygen atoms in total. The number of aliphatic hydroxyl groups excluding tert-OH is 1. The molecule has 0 bridgehead atoms. The normalized spacial score (nSPS) is 11.8. The summed E-state index contributed by atoms with van der Waals surface area (Å²) in [7, 11) is 0. The van der Waals surface area contributed by atoms with Crippen molar-refractivity contribution in [3.05, 3.63) is 34.6 Å². The summed E-state index contributed by atoms with van der Waals surface area (Å²) in [5, 5.41) is 14.0. The lowest BCUT2D eigenvalue weighted by molar-refractivity contribution is -0.121. The predicted octanol–water partition coefficient (Wildman–Crippen LogP) is 1.10. The molecule has 2 amide bonds. The molecule has 0 saturated heterocycles. The van der Waals surface area contributed by atoms with E-state index in [0.29, 0.717) is 0 Å². The number of rotatable bonds is 6. The second-order valence-corrected chi connectivity index (χ2v) is 4.69. The van der Waals surface area contributed by atoms with Crippen molar-refractivity contribution >= 4 is 23.4 Å². The molecule has 7 heteroatoms. The molecule has 0 fully saturated rings. The zero-order chi connectivity index (χ0) is 15.1. The second-order valence-electron chi connectivity index (χ2n) is 4.28. The largest absolute Gasteiger partial charge is 0.392 e. The van der Waals surface area contributed by atoms with Gasteiger partial charge < -0.3 is 15.7 Å². The molecule has 1 unspecified atom stereocenters. The van der Waals surface area contributed by atoms with Crippen molar-refractivity contribution in [3.8, 4) is 0 Å². The number of hydrogen-bond donors (Lipinski definition) is 3. The van der Waals surface area contributed by atoms with E-state index in [4.69, 9.17) is 16.7 Å². The summed E-state index contributed by atoms with van der Waals surface area (Å²) < 4.78 is 12.8. The number of carbonyl (C=O) groups is 2. The maximum absolute atomic E-state index is 12.8. The van der Waals surface area contributed by atoms with Gasteiger partial charge in [-0.3, -0.25) is 9.59 Å². The third kappa shape index (κ3) is 5.54. The highest BCUT2D eigenvalue weighted by Crippen LogP contribution is 2.16. The van der Waals surface area contributed by atoms with Crippen molar-refractivity contribution in [2.45, 2.75) is 19.4 Å². The quantitative estimate of drug-likeness (QED) is 0.736. The fourth-order valence-corrected chi connectivity index (χ4v) is 1.66. The van der Waals surface area contributed by atoms with Crippen molar-refractivity contribution in [1.29, 1.82) is 0 Å². The van der Waals surface area contributed by atoms with Crippen LogP contribution in [0.4, 0.5) is 4.39 Å². The van der Waals surface area contributed by atoms with Crippen LogP contribution >= 0.6 is 11.6 Å². The van der Waals surface area contributed by atoms with Crippen molar-refractivity contribution in [3.63, 3.8) is 0 Å². The van der Waals surface area contributed by atoms with Crippen LogP contribution in [0.2, 0.25) is 5.02 Å². The van der Waals surface area contributed by atoms with Gasteiger partial charge >= 0.3 is 0 Å². The van der Waals surface area contributed by atoms with Gasteiger partial charge in [0.2, 0.25) is 5.91 Å². The van der Waals surface area contributed by atoms with Crippen LogP contribution in [-0.2, 0) is 4.79 Å². The first-order valence-corrected chi connectivity index (χ1v) is 6.46. The van der Waals surface area contributed by atoms with Gasteiger partial charge in [0, 0.05) is 19.5 Å². The Morgan fingerprint density at radius 3 is 2.70 bits per heavy atom.